The Kier molecular flexibility index (Phi) is 4.09. The molecule has 0 amide bonds. The Morgan fingerprint density at radius 1 is 1.19 bits per heavy atom. The maximum atomic E-state index is 12.9. The number of alkyl halides is 3. The van der Waals surface area contributed by atoms with Crippen LogP contribution in [0, 0.1) is 5.92 Å². The average molecular weight is 364 g/mol. The van der Waals surface area contributed by atoms with Crippen molar-refractivity contribution in [2.24, 2.45) is 5.92 Å². The lowest BCUT2D eigenvalue weighted by atomic mass is 10.3. The van der Waals surface area contributed by atoms with Crippen molar-refractivity contribution in [1.82, 2.24) is 24.9 Å². The number of fused-ring (bicyclic) bond motifs is 1. The third-order valence-electron chi connectivity index (χ3n) is 3.96. The Hall–Kier alpha value is -2.91. The van der Waals surface area contributed by atoms with E-state index in [1.807, 2.05) is 0 Å². The van der Waals surface area contributed by atoms with Crippen LogP contribution in [0.5, 0.6) is 5.88 Å². The van der Waals surface area contributed by atoms with Crippen LogP contribution in [-0.4, -0.2) is 31.5 Å². The molecule has 26 heavy (non-hydrogen) atoms. The molecule has 2 N–H and O–H groups in total. The summed E-state index contributed by atoms with van der Waals surface area (Å²) in [4.78, 5) is 17.7. The molecular formula is C16H15F3N6O. The summed E-state index contributed by atoms with van der Waals surface area (Å²) < 4.78 is 44.3. The fourth-order valence-corrected chi connectivity index (χ4v) is 2.36. The number of H-pyrrole nitrogens is 1. The van der Waals surface area contributed by atoms with Crippen LogP contribution in [-0.2, 0) is 12.7 Å². The summed E-state index contributed by atoms with van der Waals surface area (Å²) in [6, 6.07) is 3.55. The standard InChI is InChI=1S/C16H15F3N6O/c17-16(18,19)15-24-13(12-14(25-15)23-8-22-12)21-6-10-3-4-11(20-5-10)26-7-9-1-2-9/h3-5,8-9H,1-2,6-7H2,(H2,21,22,23,24,25). The van der Waals surface area contributed by atoms with E-state index in [-0.39, 0.29) is 18.0 Å². The predicted octanol–water partition coefficient (Wildman–Crippen LogP) is 3.17. The highest BCUT2D eigenvalue weighted by Crippen LogP contribution is 2.30. The number of aromatic nitrogens is 5. The van der Waals surface area contributed by atoms with Gasteiger partial charge in [-0.05, 0) is 24.3 Å². The molecule has 0 saturated heterocycles. The number of nitrogens with one attached hydrogen (secondary N) is 2. The Labute approximate surface area is 146 Å². The van der Waals surface area contributed by atoms with E-state index in [1.165, 1.54) is 19.2 Å². The van der Waals surface area contributed by atoms with Gasteiger partial charge in [-0.25, -0.2) is 19.9 Å². The first-order valence-corrected chi connectivity index (χ1v) is 8.09. The van der Waals surface area contributed by atoms with Crippen molar-refractivity contribution in [2.45, 2.75) is 25.6 Å². The molecule has 0 spiro atoms. The molecule has 0 aromatic carbocycles. The lowest BCUT2D eigenvalue weighted by Gasteiger charge is -2.10. The summed E-state index contributed by atoms with van der Waals surface area (Å²) in [6.45, 7) is 0.919. The van der Waals surface area contributed by atoms with Gasteiger partial charge in [0.15, 0.2) is 11.5 Å². The fourth-order valence-electron chi connectivity index (χ4n) is 2.36. The first-order chi connectivity index (χ1) is 12.5. The van der Waals surface area contributed by atoms with E-state index in [9.17, 15) is 13.2 Å². The highest BCUT2D eigenvalue weighted by molar-refractivity contribution is 5.82. The van der Waals surface area contributed by atoms with Crippen LogP contribution in [0.25, 0.3) is 11.2 Å². The smallest absolute Gasteiger partial charge is 0.451 e. The lowest BCUT2D eigenvalue weighted by molar-refractivity contribution is -0.144. The van der Waals surface area contributed by atoms with Gasteiger partial charge < -0.3 is 15.0 Å². The van der Waals surface area contributed by atoms with Gasteiger partial charge in [-0.15, -0.1) is 0 Å². The molecule has 3 aromatic rings. The molecule has 136 valence electrons. The number of rotatable bonds is 6. The van der Waals surface area contributed by atoms with E-state index >= 15 is 0 Å². The van der Waals surface area contributed by atoms with Crippen LogP contribution < -0.4 is 10.1 Å². The Balaban J connectivity index is 1.47. The monoisotopic (exact) mass is 364 g/mol. The van der Waals surface area contributed by atoms with Gasteiger partial charge in [0.05, 0.1) is 12.9 Å². The molecule has 1 aliphatic carbocycles. The molecular weight excluding hydrogens is 349 g/mol. The topological polar surface area (TPSA) is 88.6 Å². The van der Waals surface area contributed by atoms with Crippen LogP contribution in [0.4, 0.5) is 19.0 Å². The Morgan fingerprint density at radius 2 is 2.04 bits per heavy atom. The van der Waals surface area contributed by atoms with E-state index in [0.717, 1.165) is 5.56 Å². The van der Waals surface area contributed by atoms with Gasteiger partial charge in [-0.2, -0.15) is 13.2 Å². The van der Waals surface area contributed by atoms with Crippen LogP contribution in [0.1, 0.15) is 24.2 Å². The minimum absolute atomic E-state index is 0.0360. The first-order valence-electron chi connectivity index (χ1n) is 8.09. The number of ether oxygens (including phenoxy) is 1. The minimum atomic E-state index is -4.65. The van der Waals surface area contributed by atoms with Crippen LogP contribution in [0.2, 0.25) is 0 Å². The predicted molar refractivity (Wildman–Crippen MR) is 86.5 cm³/mol. The molecule has 3 aromatic heterocycles. The molecule has 4 rings (SSSR count). The van der Waals surface area contributed by atoms with Gasteiger partial charge in [0.1, 0.15) is 5.52 Å². The number of hydrogen-bond donors (Lipinski definition) is 2. The highest BCUT2D eigenvalue weighted by Gasteiger charge is 2.36. The highest BCUT2D eigenvalue weighted by atomic mass is 19.4. The van der Waals surface area contributed by atoms with Crippen molar-refractivity contribution in [1.29, 1.82) is 0 Å². The molecule has 10 heteroatoms. The molecule has 1 fully saturated rings. The number of imidazole rings is 1. The van der Waals surface area contributed by atoms with Crippen molar-refractivity contribution >= 4 is 17.0 Å². The maximum absolute atomic E-state index is 12.9. The van der Waals surface area contributed by atoms with Crippen molar-refractivity contribution in [3.8, 4) is 5.88 Å². The van der Waals surface area contributed by atoms with Gasteiger partial charge in [-0.1, -0.05) is 6.07 Å². The third kappa shape index (κ3) is 3.68. The molecule has 0 bridgehead atoms. The summed E-state index contributed by atoms with van der Waals surface area (Å²) in [5, 5.41) is 2.88. The zero-order valence-electron chi connectivity index (χ0n) is 13.5. The molecule has 0 radical (unpaired) electrons. The molecule has 3 heterocycles. The number of nitrogens with zero attached hydrogens (tertiary/aromatic N) is 4. The second-order valence-corrected chi connectivity index (χ2v) is 6.11. The second-order valence-electron chi connectivity index (χ2n) is 6.11. The summed E-state index contributed by atoms with van der Waals surface area (Å²) in [6.07, 6.45) is 0.640. The van der Waals surface area contributed by atoms with Crippen LogP contribution >= 0.6 is 0 Å². The molecule has 1 saturated carbocycles. The van der Waals surface area contributed by atoms with Crippen LogP contribution in [0.3, 0.4) is 0 Å². The Morgan fingerprint density at radius 3 is 2.73 bits per heavy atom. The fraction of sp³-hybridized carbons (Fsp3) is 0.375. The number of hydrogen-bond acceptors (Lipinski definition) is 6. The van der Waals surface area contributed by atoms with Gasteiger partial charge in [-0.3, -0.25) is 0 Å². The number of anilines is 1. The van der Waals surface area contributed by atoms with E-state index in [1.54, 1.807) is 18.3 Å². The minimum Gasteiger partial charge on any atom is -0.477 e. The molecule has 1 aliphatic rings. The van der Waals surface area contributed by atoms with Crippen molar-refractivity contribution < 1.29 is 17.9 Å². The van der Waals surface area contributed by atoms with E-state index in [4.69, 9.17) is 4.74 Å². The zero-order valence-corrected chi connectivity index (χ0v) is 13.5. The quantitative estimate of drug-likeness (QED) is 0.698. The summed E-state index contributed by atoms with van der Waals surface area (Å²) in [5.74, 6) is -0.0241. The summed E-state index contributed by atoms with van der Waals surface area (Å²) >= 11 is 0. The van der Waals surface area contributed by atoms with Crippen molar-refractivity contribution in [3.05, 3.63) is 36.0 Å². The number of halogens is 3. The van der Waals surface area contributed by atoms with Crippen LogP contribution in [0.15, 0.2) is 24.7 Å². The number of pyridine rings is 1. The zero-order chi connectivity index (χ0) is 18.1. The van der Waals surface area contributed by atoms with Crippen molar-refractivity contribution in [2.75, 3.05) is 11.9 Å². The van der Waals surface area contributed by atoms with Gasteiger partial charge in [0.2, 0.25) is 11.7 Å². The molecule has 0 unspecified atom stereocenters. The number of aromatic amines is 1. The lowest BCUT2D eigenvalue weighted by Crippen LogP contribution is -2.13. The van der Waals surface area contributed by atoms with Gasteiger partial charge in [0.25, 0.3) is 0 Å². The normalized spacial score (nSPS) is 14.6. The summed E-state index contributed by atoms with van der Waals surface area (Å²) in [7, 11) is 0. The van der Waals surface area contributed by atoms with Gasteiger partial charge >= 0.3 is 6.18 Å². The Bertz CT molecular complexity index is 904. The molecule has 7 nitrogen and oxygen atoms in total. The third-order valence-corrected chi connectivity index (χ3v) is 3.96. The van der Waals surface area contributed by atoms with E-state index in [2.05, 4.69) is 30.2 Å². The first kappa shape index (κ1) is 16.6. The van der Waals surface area contributed by atoms with Crippen molar-refractivity contribution in [3.63, 3.8) is 0 Å². The second kappa shape index (κ2) is 6.43. The summed E-state index contributed by atoms with van der Waals surface area (Å²) in [5.41, 5.74) is 1.05. The maximum Gasteiger partial charge on any atom is 0.451 e. The SMILES string of the molecule is FC(F)(F)c1nc(NCc2ccc(OCC3CC3)nc2)c2[nH]cnc2n1. The molecule has 0 atom stereocenters. The van der Waals surface area contributed by atoms with E-state index < -0.39 is 12.0 Å². The molecule has 0 aliphatic heterocycles. The van der Waals surface area contributed by atoms with E-state index in [0.29, 0.717) is 23.9 Å². The average Bonchev–Trinajstić information content (AvgIpc) is 3.32. The largest absolute Gasteiger partial charge is 0.477 e. The van der Waals surface area contributed by atoms with Gasteiger partial charge in [0, 0.05) is 18.8 Å².